The molecule has 3 heteroatoms. The number of benzene rings is 4. The van der Waals surface area contributed by atoms with Crippen molar-refractivity contribution in [1.29, 1.82) is 0 Å². The van der Waals surface area contributed by atoms with Crippen LogP contribution in [0.15, 0.2) is 84.9 Å². The van der Waals surface area contributed by atoms with Crippen LogP contribution in [0, 0.1) is 0 Å². The SMILES string of the molecule is CO[Si](OC)(c1ccc2c(c1)Cc1ccccc1-2)c1ccc2c(c1)Cc1ccccc1-2. The standard InChI is InChI=1S/C28H24O2Si/c1-29-31(30-2,23-11-13-27-21(17-23)15-19-7-3-5-9-25(19)27)24-12-14-28-22(18-24)16-20-8-4-6-10-26(20)28/h3-14,17-18H,15-16H2,1-2H3. The van der Waals surface area contributed by atoms with Gasteiger partial charge in [0.15, 0.2) is 0 Å². The van der Waals surface area contributed by atoms with Crippen LogP contribution in [-0.4, -0.2) is 22.8 Å². The van der Waals surface area contributed by atoms with Gasteiger partial charge in [-0.25, -0.2) is 0 Å². The third-order valence-corrected chi connectivity index (χ3v) is 10.2. The molecule has 0 bridgehead atoms. The largest absolute Gasteiger partial charge is 0.406 e. The van der Waals surface area contributed by atoms with Crippen molar-refractivity contribution >= 4 is 18.9 Å². The Morgan fingerprint density at radius 3 is 1.39 bits per heavy atom. The quantitative estimate of drug-likeness (QED) is 0.386. The summed E-state index contributed by atoms with van der Waals surface area (Å²) < 4.78 is 12.5. The maximum atomic E-state index is 6.25. The van der Waals surface area contributed by atoms with Crippen molar-refractivity contribution in [1.82, 2.24) is 0 Å². The Kier molecular flexibility index (Phi) is 4.25. The summed E-state index contributed by atoms with van der Waals surface area (Å²) in [6.45, 7) is 0. The zero-order valence-electron chi connectivity index (χ0n) is 17.8. The van der Waals surface area contributed by atoms with Gasteiger partial charge in [0.2, 0.25) is 0 Å². The molecule has 0 heterocycles. The molecule has 2 aliphatic rings. The van der Waals surface area contributed by atoms with Crippen LogP contribution in [0.25, 0.3) is 22.3 Å². The molecule has 2 aliphatic carbocycles. The Bertz CT molecular complexity index is 1220. The molecule has 4 aromatic rings. The van der Waals surface area contributed by atoms with Gasteiger partial charge >= 0.3 is 8.56 Å². The molecule has 2 nitrogen and oxygen atoms in total. The molecule has 0 N–H and O–H groups in total. The fraction of sp³-hybridized carbons (Fsp3) is 0.143. The zero-order chi connectivity index (χ0) is 21.0. The maximum absolute atomic E-state index is 6.25. The molecular formula is C28H24O2Si. The van der Waals surface area contributed by atoms with Gasteiger partial charge < -0.3 is 8.85 Å². The van der Waals surface area contributed by atoms with E-state index in [4.69, 9.17) is 8.85 Å². The topological polar surface area (TPSA) is 18.5 Å². The van der Waals surface area contributed by atoms with Crippen LogP contribution in [0.3, 0.4) is 0 Å². The highest BCUT2D eigenvalue weighted by molar-refractivity contribution is 6.92. The maximum Gasteiger partial charge on any atom is 0.406 e. The van der Waals surface area contributed by atoms with Crippen LogP contribution in [0.4, 0.5) is 0 Å². The van der Waals surface area contributed by atoms with E-state index in [-0.39, 0.29) is 0 Å². The minimum atomic E-state index is -2.79. The van der Waals surface area contributed by atoms with E-state index in [1.54, 1.807) is 14.2 Å². The first-order chi connectivity index (χ1) is 15.2. The van der Waals surface area contributed by atoms with Crippen molar-refractivity contribution in [2.24, 2.45) is 0 Å². The minimum Gasteiger partial charge on any atom is -0.391 e. The first-order valence-electron chi connectivity index (χ1n) is 10.8. The molecule has 4 aromatic carbocycles. The van der Waals surface area contributed by atoms with Gasteiger partial charge in [-0.3, -0.25) is 0 Å². The van der Waals surface area contributed by atoms with Crippen molar-refractivity contribution in [3.05, 3.63) is 107 Å². The number of hydrogen-bond acceptors (Lipinski definition) is 2. The highest BCUT2D eigenvalue weighted by Crippen LogP contribution is 2.37. The van der Waals surface area contributed by atoms with E-state index in [1.165, 1.54) is 54.9 Å². The average molecular weight is 421 g/mol. The van der Waals surface area contributed by atoms with E-state index in [0.29, 0.717) is 0 Å². The van der Waals surface area contributed by atoms with Gasteiger partial charge in [-0.1, -0.05) is 84.9 Å². The number of hydrogen-bond donors (Lipinski definition) is 0. The number of rotatable bonds is 4. The van der Waals surface area contributed by atoms with Crippen LogP contribution in [-0.2, 0) is 21.7 Å². The molecule has 0 spiro atoms. The Hall–Kier alpha value is -2.98. The molecule has 0 atom stereocenters. The fourth-order valence-electron chi connectivity index (χ4n) is 5.42. The molecule has 152 valence electrons. The normalized spacial score (nSPS) is 13.5. The summed E-state index contributed by atoms with van der Waals surface area (Å²) in [6, 6.07) is 30.9. The summed E-state index contributed by atoms with van der Waals surface area (Å²) in [5.41, 5.74) is 10.9. The molecule has 31 heavy (non-hydrogen) atoms. The van der Waals surface area contributed by atoms with Crippen LogP contribution in [0.5, 0.6) is 0 Å². The molecule has 6 rings (SSSR count). The summed E-state index contributed by atoms with van der Waals surface area (Å²) in [6.07, 6.45) is 1.94. The van der Waals surface area contributed by atoms with Gasteiger partial charge in [-0.2, -0.15) is 0 Å². The van der Waals surface area contributed by atoms with Crippen molar-refractivity contribution in [3.8, 4) is 22.3 Å². The minimum absolute atomic E-state index is 0.969. The fourth-order valence-corrected chi connectivity index (χ4v) is 8.20. The lowest BCUT2D eigenvalue weighted by molar-refractivity contribution is 0.272. The molecule has 0 saturated carbocycles. The molecular weight excluding hydrogens is 396 g/mol. The van der Waals surface area contributed by atoms with Crippen molar-refractivity contribution < 1.29 is 8.85 Å². The molecule has 0 saturated heterocycles. The third-order valence-electron chi connectivity index (χ3n) is 6.92. The smallest absolute Gasteiger partial charge is 0.391 e. The summed E-state index contributed by atoms with van der Waals surface area (Å²) in [4.78, 5) is 0. The second-order valence-electron chi connectivity index (χ2n) is 8.44. The highest BCUT2D eigenvalue weighted by Gasteiger charge is 2.42. The van der Waals surface area contributed by atoms with E-state index in [2.05, 4.69) is 84.9 Å². The lowest BCUT2D eigenvalue weighted by Crippen LogP contribution is -2.62. The van der Waals surface area contributed by atoms with E-state index in [9.17, 15) is 0 Å². The molecule has 0 radical (unpaired) electrons. The predicted molar refractivity (Wildman–Crippen MR) is 128 cm³/mol. The number of fused-ring (bicyclic) bond motifs is 6. The Morgan fingerprint density at radius 1 is 0.516 bits per heavy atom. The second kappa shape index (κ2) is 7.03. The zero-order valence-corrected chi connectivity index (χ0v) is 18.8. The summed E-state index contributed by atoms with van der Waals surface area (Å²) in [7, 11) is 0.795. The van der Waals surface area contributed by atoms with Gasteiger partial charge in [0.1, 0.15) is 0 Å². The van der Waals surface area contributed by atoms with Crippen LogP contribution >= 0.6 is 0 Å². The van der Waals surface area contributed by atoms with E-state index in [1.807, 2.05) is 0 Å². The van der Waals surface area contributed by atoms with Crippen molar-refractivity contribution in [2.45, 2.75) is 12.8 Å². The predicted octanol–water partition coefficient (Wildman–Crippen LogP) is 4.68. The van der Waals surface area contributed by atoms with Crippen molar-refractivity contribution in [3.63, 3.8) is 0 Å². The van der Waals surface area contributed by atoms with Crippen LogP contribution in [0.1, 0.15) is 22.3 Å². The molecule has 0 amide bonds. The van der Waals surface area contributed by atoms with Gasteiger partial charge in [0.25, 0.3) is 0 Å². The van der Waals surface area contributed by atoms with Gasteiger partial charge in [0, 0.05) is 14.2 Å². The summed E-state index contributed by atoms with van der Waals surface area (Å²) in [5.74, 6) is 0. The Balaban J connectivity index is 1.45. The monoisotopic (exact) mass is 420 g/mol. The first kappa shape index (κ1) is 18.8. The van der Waals surface area contributed by atoms with Crippen LogP contribution in [0.2, 0.25) is 0 Å². The third kappa shape index (κ3) is 2.71. The van der Waals surface area contributed by atoms with E-state index >= 15 is 0 Å². The second-order valence-corrected chi connectivity index (χ2v) is 11.6. The van der Waals surface area contributed by atoms with Gasteiger partial charge in [-0.15, -0.1) is 0 Å². The molecule has 0 aromatic heterocycles. The molecule has 0 aliphatic heterocycles. The van der Waals surface area contributed by atoms with E-state index < -0.39 is 8.56 Å². The van der Waals surface area contributed by atoms with Crippen LogP contribution < -0.4 is 10.4 Å². The first-order valence-corrected chi connectivity index (χ1v) is 12.6. The van der Waals surface area contributed by atoms with E-state index in [0.717, 1.165) is 12.8 Å². The average Bonchev–Trinajstić information content (AvgIpc) is 3.37. The summed E-state index contributed by atoms with van der Waals surface area (Å²) >= 11 is 0. The highest BCUT2D eigenvalue weighted by atomic mass is 28.4. The summed E-state index contributed by atoms with van der Waals surface area (Å²) in [5, 5.41) is 2.33. The lowest BCUT2D eigenvalue weighted by Gasteiger charge is -2.29. The van der Waals surface area contributed by atoms with Crippen molar-refractivity contribution in [2.75, 3.05) is 14.2 Å². The Labute approximate surface area is 184 Å². The lowest BCUT2D eigenvalue weighted by atomic mass is 10.1. The van der Waals surface area contributed by atoms with Gasteiger partial charge in [-0.05, 0) is 67.7 Å². The molecule has 0 unspecified atom stereocenters. The van der Waals surface area contributed by atoms with Gasteiger partial charge in [0.05, 0.1) is 0 Å². The molecule has 0 fully saturated rings. The Morgan fingerprint density at radius 2 is 0.935 bits per heavy atom.